The zero-order chi connectivity index (χ0) is 11.4. The van der Waals surface area contributed by atoms with Gasteiger partial charge in [-0.2, -0.15) is 0 Å². The first-order chi connectivity index (χ1) is 7.79. The molecule has 2 rings (SSSR count). The molecule has 1 aliphatic rings. The second kappa shape index (κ2) is 5.35. The molecule has 16 heavy (non-hydrogen) atoms. The number of hydrogen-bond donors (Lipinski definition) is 2. The summed E-state index contributed by atoms with van der Waals surface area (Å²) in [5.41, 5.74) is 3.42. The Labute approximate surface area is 97.7 Å². The van der Waals surface area contributed by atoms with Crippen LogP contribution in [0.1, 0.15) is 36.8 Å². The van der Waals surface area contributed by atoms with Crippen molar-refractivity contribution in [2.24, 2.45) is 5.92 Å². The fraction of sp³-hybridized carbons (Fsp3) is 0.571. The predicted octanol–water partition coefficient (Wildman–Crippen LogP) is 3.09. The van der Waals surface area contributed by atoms with Crippen LogP contribution in [0.5, 0.6) is 0 Å². The molecule has 0 amide bonds. The largest absolute Gasteiger partial charge is 0.392 e. The summed E-state index contributed by atoms with van der Waals surface area (Å²) >= 11 is 0. The lowest BCUT2D eigenvalue weighted by Gasteiger charge is -2.14. The van der Waals surface area contributed by atoms with Crippen molar-refractivity contribution in [1.29, 1.82) is 0 Å². The highest BCUT2D eigenvalue weighted by atomic mass is 16.3. The Balaban J connectivity index is 1.96. The van der Waals surface area contributed by atoms with Crippen LogP contribution >= 0.6 is 0 Å². The number of hydrogen-bond acceptors (Lipinski definition) is 2. The normalized spacial score (nSPS) is 16.6. The predicted molar refractivity (Wildman–Crippen MR) is 67.5 cm³/mol. The lowest BCUT2D eigenvalue weighted by Crippen LogP contribution is -2.11. The van der Waals surface area contributed by atoms with Crippen LogP contribution in [0.4, 0.5) is 5.69 Å². The summed E-state index contributed by atoms with van der Waals surface area (Å²) in [5, 5.41) is 12.6. The molecule has 0 saturated heterocycles. The van der Waals surface area contributed by atoms with Crippen LogP contribution in [0.15, 0.2) is 18.2 Å². The van der Waals surface area contributed by atoms with Gasteiger partial charge < -0.3 is 10.4 Å². The third-order valence-corrected chi connectivity index (χ3v) is 3.54. The minimum atomic E-state index is 0.123. The van der Waals surface area contributed by atoms with Crippen molar-refractivity contribution in [1.82, 2.24) is 0 Å². The molecule has 88 valence electrons. The number of aryl methyl sites for hydroxylation is 1. The Morgan fingerprint density at radius 3 is 2.75 bits per heavy atom. The molecule has 2 N–H and O–H groups in total. The van der Waals surface area contributed by atoms with E-state index in [1.165, 1.54) is 36.9 Å². The smallest absolute Gasteiger partial charge is 0.0682 e. The molecule has 1 aliphatic carbocycles. The van der Waals surface area contributed by atoms with Crippen molar-refractivity contribution in [3.63, 3.8) is 0 Å². The summed E-state index contributed by atoms with van der Waals surface area (Å²) < 4.78 is 0. The minimum absolute atomic E-state index is 0.123. The topological polar surface area (TPSA) is 32.3 Å². The summed E-state index contributed by atoms with van der Waals surface area (Å²) in [6.07, 6.45) is 5.52. The summed E-state index contributed by atoms with van der Waals surface area (Å²) in [6, 6.07) is 6.11. The Bertz CT molecular complexity index is 343. The third-order valence-electron chi connectivity index (χ3n) is 3.54. The van der Waals surface area contributed by atoms with Crippen LogP contribution in [-0.4, -0.2) is 11.7 Å². The van der Waals surface area contributed by atoms with Gasteiger partial charge in [-0.05, 0) is 42.9 Å². The van der Waals surface area contributed by atoms with Crippen LogP contribution in [0, 0.1) is 12.8 Å². The molecule has 1 aromatic rings. The molecule has 1 aromatic carbocycles. The minimum Gasteiger partial charge on any atom is -0.392 e. The number of nitrogens with one attached hydrogen (secondary N) is 1. The zero-order valence-electron chi connectivity index (χ0n) is 10.00. The summed E-state index contributed by atoms with van der Waals surface area (Å²) in [6.45, 7) is 3.31. The molecule has 0 bridgehead atoms. The van der Waals surface area contributed by atoms with E-state index in [4.69, 9.17) is 5.11 Å². The highest BCUT2D eigenvalue weighted by Crippen LogP contribution is 2.25. The average molecular weight is 219 g/mol. The van der Waals surface area contributed by atoms with Crippen LogP contribution in [0.25, 0.3) is 0 Å². The lowest BCUT2D eigenvalue weighted by atomic mass is 10.1. The first-order valence-electron chi connectivity index (χ1n) is 6.24. The molecule has 2 heteroatoms. The summed E-state index contributed by atoms with van der Waals surface area (Å²) in [4.78, 5) is 0. The van der Waals surface area contributed by atoms with Gasteiger partial charge in [0.15, 0.2) is 0 Å². The second-order valence-corrected chi connectivity index (χ2v) is 4.84. The molecule has 0 aromatic heterocycles. The van der Waals surface area contributed by atoms with Crippen molar-refractivity contribution in [3.05, 3.63) is 29.3 Å². The number of anilines is 1. The van der Waals surface area contributed by atoms with Crippen LogP contribution in [0.2, 0.25) is 0 Å². The van der Waals surface area contributed by atoms with Gasteiger partial charge >= 0.3 is 0 Å². The summed E-state index contributed by atoms with van der Waals surface area (Å²) in [7, 11) is 0. The number of aliphatic hydroxyl groups is 1. The van der Waals surface area contributed by atoms with E-state index in [1.807, 2.05) is 6.07 Å². The Hall–Kier alpha value is -1.02. The van der Waals surface area contributed by atoms with Gasteiger partial charge in [0.05, 0.1) is 6.61 Å². The van der Waals surface area contributed by atoms with E-state index in [0.717, 1.165) is 18.0 Å². The van der Waals surface area contributed by atoms with Gasteiger partial charge in [0.2, 0.25) is 0 Å². The highest BCUT2D eigenvalue weighted by molar-refractivity contribution is 5.52. The molecule has 0 unspecified atom stereocenters. The van der Waals surface area contributed by atoms with Crippen LogP contribution < -0.4 is 5.32 Å². The van der Waals surface area contributed by atoms with E-state index in [9.17, 15) is 0 Å². The number of aliphatic hydroxyl groups excluding tert-OH is 1. The van der Waals surface area contributed by atoms with Crippen LogP contribution in [0.3, 0.4) is 0 Å². The molecule has 0 spiro atoms. The third kappa shape index (κ3) is 2.76. The van der Waals surface area contributed by atoms with E-state index < -0.39 is 0 Å². The zero-order valence-corrected chi connectivity index (χ0v) is 10.00. The quantitative estimate of drug-likeness (QED) is 0.815. The summed E-state index contributed by atoms with van der Waals surface area (Å²) in [5.74, 6) is 0.845. The van der Waals surface area contributed by atoms with Gasteiger partial charge in [-0.3, -0.25) is 0 Å². The average Bonchev–Trinajstić information content (AvgIpc) is 2.81. The molecule has 0 heterocycles. The lowest BCUT2D eigenvalue weighted by molar-refractivity contribution is 0.282. The van der Waals surface area contributed by atoms with Crippen molar-refractivity contribution < 1.29 is 5.11 Å². The molecule has 1 saturated carbocycles. The van der Waals surface area contributed by atoms with E-state index in [1.54, 1.807) is 0 Å². The number of benzene rings is 1. The second-order valence-electron chi connectivity index (χ2n) is 4.84. The van der Waals surface area contributed by atoms with E-state index in [-0.39, 0.29) is 6.61 Å². The van der Waals surface area contributed by atoms with E-state index in [0.29, 0.717) is 0 Å². The van der Waals surface area contributed by atoms with Gasteiger partial charge in [-0.15, -0.1) is 0 Å². The Kier molecular flexibility index (Phi) is 3.83. The molecule has 1 fully saturated rings. The van der Waals surface area contributed by atoms with Crippen molar-refractivity contribution in [2.45, 2.75) is 39.2 Å². The maximum atomic E-state index is 9.10. The van der Waals surface area contributed by atoms with Crippen molar-refractivity contribution in [2.75, 3.05) is 11.9 Å². The molecular formula is C14H21NO. The monoisotopic (exact) mass is 219 g/mol. The molecule has 0 aliphatic heterocycles. The maximum absolute atomic E-state index is 9.10. The molecular weight excluding hydrogens is 198 g/mol. The fourth-order valence-corrected chi connectivity index (χ4v) is 2.43. The van der Waals surface area contributed by atoms with Gasteiger partial charge in [-0.25, -0.2) is 0 Å². The maximum Gasteiger partial charge on any atom is 0.0682 e. The number of rotatable bonds is 4. The standard InChI is InChI=1S/C14H21NO/c1-11-6-7-13(10-16)8-14(11)15-9-12-4-2-3-5-12/h6-8,12,15-16H,2-5,9-10H2,1H3. The van der Waals surface area contributed by atoms with Crippen molar-refractivity contribution in [3.8, 4) is 0 Å². The Morgan fingerprint density at radius 1 is 1.31 bits per heavy atom. The van der Waals surface area contributed by atoms with Crippen LogP contribution in [-0.2, 0) is 6.61 Å². The van der Waals surface area contributed by atoms with E-state index in [2.05, 4.69) is 24.4 Å². The van der Waals surface area contributed by atoms with Gasteiger partial charge in [-0.1, -0.05) is 25.0 Å². The highest BCUT2D eigenvalue weighted by Gasteiger charge is 2.14. The first-order valence-corrected chi connectivity index (χ1v) is 6.24. The Morgan fingerprint density at radius 2 is 2.06 bits per heavy atom. The molecule has 0 radical (unpaired) electrons. The molecule has 0 atom stereocenters. The van der Waals surface area contributed by atoms with Gasteiger partial charge in [0.1, 0.15) is 0 Å². The fourth-order valence-electron chi connectivity index (χ4n) is 2.43. The van der Waals surface area contributed by atoms with Gasteiger partial charge in [0.25, 0.3) is 0 Å². The molecule has 2 nitrogen and oxygen atoms in total. The van der Waals surface area contributed by atoms with Gasteiger partial charge in [0, 0.05) is 12.2 Å². The van der Waals surface area contributed by atoms with Crippen molar-refractivity contribution >= 4 is 5.69 Å². The SMILES string of the molecule is Cc1ccc(CO)cc1NCC1CCCC1. The first kappa shape index (κ1) is 11.5. The van der Waals surface area contributed by atoms with E-state index >= 15 is 0 Å².